The van der Waals surface area contributed by atoms with Gasteiger partial charge in [0.05, 0.1) is 19.8 Å². The first-order valence-corrected chi connectivity index (χ1v) is 7.53. The van der Waals surface area contributed by atoms with Gasteiger partial charge in [0.1, 0.15) is 11.6 Å². The van der Waals surface area contributed by atoms with Crippen LogP contribution in [0.1, 0.15) is 35.8 Å². The molecule has 2 aromatic carbocycles. The second-order valence-corrected chi connectivity index (χ2v) is 5.16. The molecule has 2 rings (SSSR count). The fraction of sp³-hybridized carbons (Fsp3) is 0.278. The zero-order chi connectivity index (χ0) is 17.7. The van der Waals surface area contributed by atoms with Crippen molar-refractivity contribution in [1.82, 2.24) is 5.32 Å². The van der Waals surface area contributed by atoms with E-state index in [4.69, 9.17) is 9.47 Å². The van der Waals surface area contributed by atoms with Gasteiger partial charge in [0.2, 0.25) is 0 Å². The number of amides is 1. The fourth-order valence-corrected chi connectivity index (χ4v) is 2.29. The van der Waals surface area contributed by atoms with Gasteiger partial charge in [-0.15, -0.1) is 0 Å². The summed E-state index contributed by atoms with van der Waals surface area (Å²) in [5.41, 5.74) is 0.417. The molecule has 2 aromatic rings. The first kappa shape index (κ1) is 17.7. The van der Waals surface area contributed by atoms with E-state index in [2.05, 4.69) is 5.32 Å². The molecule has 0 saturated heterocycles. The van der Waals surface area contributed by atoms with Crippen LogP contribution in [0.3, 0.4) is 0 Å². The minimum Gasteiger partial charge on any atom is -0.493 e. The number of hydrogen-bond acceptors (Lipinski definition) is 3. The molecule has 4 nitrogen and oxygen atoms in total. The number of carbonyl (C=O) groups excluding carboxylic acids is 1. The number of benzene rings is 2. The molecule has 1 amide bonds. The Labute approximate surface area is 139 Å². The maximum Gasteiger partial charge on any atom is 0.251 e. The highest BCUT2D eigenvalue weighted by Crippen LogP contribution is 2.28. The van der Waals surface area contributed by atoms with Crippen molar-refractivity contribution < 1.29 is 23.0 Å². The molecule has 0 aliphatic carbocycles. The van der Waals surface area contributed by atoms with E-state index in [0.717, 1.165) is 18.2 Å². The van der Waals surface area contributed by atoms with E-state index in [-0.39, 0.29) is 5.56 Å². The van der Waals surface area contributed by atoms with Crippen LogP contribution >= 0.6 is 0 Å². The lowest BCUT2D eigenvalue weighted by molar-refractivity contribution is 0.0939. The molecule has 1 unspecified atom stereocenters. The van der Waals surface area contributed by atoms with Crippen molar-refractivity contribution in [3.63, 3.8) is 0 Å². The highest BCUT2D eigenvalue weighted by atomic mass is 19.1. The molecule has 128 valence electrons. The van der Waals surface area contributed by atoms with E-state index in [1.165, 1.54) is 13.2 Å². The summed E-state index contributed by atoms with van der Waals surface area (Å²) in [4.78, 5) is 12.3. The van der Waals surface area contributed by atoms with Crippen LogP contribution in [0.25, 0.3) is 0 Å². The first-order valence-electron chi connectivity index (χ1n) is 7.53. The number of nitrogens with one attached hydrogen (secondary N) is 1. The standard InChI is InChI=1S/C18H19F2NO3/c1-4-24-16-8-5-12(9-17(16)23-3)18(22)21-11(2)14-10-13(19)6-7-15(14)20/h5-11H,4H2,1-3H3,(H,21,22). The van der Waals surface area contributed by atoms with Gasteiger partial charge in [-0.3, -0.25) is 4.79 Å². The summed E-state index contributed by atoms with van der Waals surface area (Å²) in [5.74, 6) is -0.605. The Morgan fingerprint density at radius 3 is 2.58 bits per heavy atom. The molecular formula is C18H19F2NO3. The molecule has 0 spiro atoms. The third kappa shape index (κ3) is 4.01. The van der Waals surface area contributed by atoms with Crippen LogP contribution < -0.4 is 14.8 Å². The number of hydrogen-bond donors (Lipinski definition) is 1. The summed E-state index contributed by atoms with van der Waals surface area (Å²) in [5, 5.41) is 2.64. The largest absolute Gasteiger partial charge is 0.493 e. The van der Waals surface area contributed by atoms with Crippen LogP contribution in [-0.2, 0) is 0 Å². The maximum absolute atomic E-state index is 13.8. The summed E-state index contributed by atoms with van der Waals surface area (Å²) in [6, 6.07) is 7.19. The predicted molar refractivity (Wildman–Crippen MR) is 86.4 cm³/mol. The van der Waals surface area contributed by atoms with Gasteiger partial charge in [-0.25, -0.2) is 8.78 Å². The minimum absolute atomic E-state index is 0.0845. The van der Waals surface area contributed by atoms with E-state index < -0.39 is 23.6 Å². The van der Waals surface area contributed by atoms with Crippen LogP contribution in [-0.4, -0.2) is 19.6 Å². The van der Waals surface area contributed by atoms with Crippen LogP contribution in [0.15, 0.2) is 36.4 Å². The topological polar surface area (TPSA) is 47.6 Å². The third-order valence-corrected chi connectivity index (χ3v) is 3.50. The Bertz CT molecular complexity index is 734. The van der Waals surface area contributed by atoms with Crippen molar-refractivity contribution in [3.05, 3.63) is 59.2 Å². The molecule has 0 fully saturated rings. The van der Waals surface area contributed by atoms with Gasteiger partial charge in [-0.2, -0.15) is 0 Å². The Balaban J connectivity index is 2.18. The van der Waals surface area contributed by atoms with Gasteiger partial charge in [0.25, 0.3) is 5.91 Å². The molecular weight excluding hydrogens is 316 g/mol. The van der Waals surface area contributed by atoms with Crippen molar-refractivity contribution in [2.75, 3.05) is 13.7 Å². The quantitative estimate of drug-likeness (QED) is 0.872. The summed E-state index contributed by atoms with van der Waals surface area (Å²) in [7, 11) is 1.48. The Kier molecular flexibility index (Phi) is 5.73. The zero-order valence-corrected chi connectivity index (χ0v) is 13.7. The van der Waals surface area contributed by atoms with Crippen molar-refractivity contribution in [2.45, 2.75) is 19.9 Å². The number of rotatable bonds is 6. The Morgan fingerprint density at radius 2 is 1.92 bits per heavy atom. The van der Waals surface area contributed by atoms with E-state index in [1.807, 2.05) is 6.92 Å². The summed E-state index contributed by atoms with van der Waals surface area (Å²) >= 11 is 0. The lowest BCUT2D eigenvalue weighted by Gasteiger charge is -2.16. The van der Waals surface area contributed by atoms with Crippen LogP contribution in [0, 0.1) is 11.6 Å². The molecule has 0 heterocycles. The van der Waals surface area contributed by atoms with Gasteiger partial charge in [0.15, 0.2) is 11.5 Å². The average molecular weight is 335 g/mol. The van der Waals surface area contributed by atoms with Gasteiger partial charge < -0.3 is 14.8 Å². The number of halogens is 2. The SMILES string of the molecule is CCOc1ccc(C(=O)NC(C)c2cc(F)ccc2F)cc1OC. The lowest BCUT2D eigenvalue weighted by Crippen LogP contribution is -2.27. The second-order valence-electron chi connectivity index (χ2n) is 5.16. The molecule has 1 atom stereocenters. The highest BCUT2D eigenvalue weighted by molar-refractivity contribution is 5.95. The second kappa shape index (κ2) is 7.77. The molecule has 24 heavy (non-hydrogen) atoms. The van der Waals surface area contributed by atoms with Gasteiger partial charge in [0, 0.05) is 11.1 Å². The maximum atomic E-state index is 13.8. The monoisotopic (exact) mass is 335 g/mol. The van der Waals surface area contributed by atoms with Gasteiger partial charge >= 0.3 is 0 Å². The van der Waals surface area contributed by atoms with Crippen molar-refractivity contribution >= 4 is 5.91 Å². The van der Waals surface area contributed by atoms with E-state index >= 15 is 0 Å². The zero-order valence-electron chi connectivity index (χ0n) is 13.7. The fourth-order valence-electron chi connectivity index (χ4n) is 2.29. The summed E-state index contributed by atoms with van der Waals surface area (Å²) < 4.78 is 37.6. The lowest BCUT2D eigenvalue weighted by atomic mass is 10.1. The predicted octanol–water partition coefficient (Wildman–Crippen LogP) is 3.86. The molecule has 0 radical (unpaired) electrons. The minimum atomic E-state index is -0.689. The van der Waals surface area contributed by atoms with Crippen LogP contribution in [0.4, 0.5) is 8.78 Å². The van der Waals surface area contributed by atoms with Crippen LogP contribution in [0.5, 0.6) is 11.5 Å². The Morgan fingerprint density at radius 1 is 1.17 bits per heavy atom. The number of carbonyl (C=O) groups is 1. The number of methoxy groups -OCH3 is 1. The van der Waals surface area contributed by atoms with Crippen molar-refractivity contribution in [1.29, 1.82) is 0 Å². The molecule has 0 saturated carbocycles. The number of ether oxygens (including phenoxy) is 2. The van der Waals surface area contributed by atoms with E-state index in [0.29, 0.717) is 23.7 Å². The van der Waals surface area contributed by atoms with E-state index in [1.54, 1.807) is 19.1 Å². The molecule has 0 bridgehead atoms. The molecule has 0 aliphatic rings. The average Bonchev–Trinajstić information content (AvgIpc) is 2.57. The van der Waals surface area contributed by atoms with Crippen LogP contribution in [0.2, 0.25) is 0 Å². The van der Waals surface area contributed by atoms with Gasteiger partial charge in [-0.05, 0) is 50.2 Å². The first-order chi connectivity index (χ1) is 11.5. The van der Waals surface area contributed by atoms with Crippen molar-refractivity contribution in [2.24, 2.45) is 0 Å². The van der Waals surface area contributed by atoms with E-state index in [9.17, 15) is 13.6 Å². The smallest absolute Gasteiger partial charge is 0.251 e. The molecule has 0 aromatic heterocycles. The molecule has 1 N–H and O–H groups in total. The Hall–Kier alpha value is -2.63. The summed E-state index contributed by atoms with van der Waals surface area (Å²) in [6.07, 6.45) is 0. The molecule has 0 aliphatic heterocycles. The molecule has 6 heteroatoms. The normalized spacial score (nSPS) is 11.7. The third-order valence-electron chi connectivity index (χ3n) is 3.50. The highest BCUT2D eigenvalue weighted by Gasteiger charge is 2.17. The van der Waals surface area contributed by atoms with Gasteiger partial charge in [-0.1, -0.05) is 0 Å². The summed E-state index contributed by atoms with van der Waals surface area (Å²) in [6.45, 7) is 3.90. The van der Waals surface area contributed by atoms with Crippen molar-refractivity contribution in [3.8, 4) is 11.5 Å².